The predicted molar refractivity (Wildman–Crippen MR) is 84.9 cm³/mol. The molecule has 0 aromatic heterocycles. The molecular weight excluding hydrogens is 378 g/mol. The lowest BCUT2D eigenvalue weighted by Gasteiger charge is -2.43. The first kappa shape index (κ1) is 18.8. The van der Waals surface area contributed by atoms with Gasteiger partial charge in [0.05, 0.1) is 17.0 Å². The largest absolute Gasteiger partial charge is 0.392 e. The van der Waals surface area contributed by atoms with Crippen LogP contribution in [-0.4, -0.2) is 30.7 Å². The molecule has 5 nitrogen and oxygen atoms in total. The van der Waals surface area contributed by atoms with E-state index in [1.807, 2.05) is 0 Å². The maximum absolute atomic E-state index is 13.4. The molecule has 0 bridgehead atoms. The van der Waals surface area contributed by atoms with Crippen LogP contribution in [0.1, 0.15) is 24.4 Å². The maximum atomic E-state index is 13.4. The highest BCUT2D eigenvalue weighted by molar-refractivity contribution is 6.30. The normalized spacial score (nSPS) is 26.5. The minimum atomic E-state index is -4.39. The van der Waals surface area contributed by atoms with E-state index in [-0.39, 0.29) is 24.4 Å². The number of carbonyl (C=O) groups is 2. The number of benzene rings is 1. The first-order valence-corrected chi connectivity index (χ1v) is 8.41. The molecule has 2 fully saturated rings. The Kier molecular flexibility index (Phi) is 5.01. The highest BCUT2D eigenvalue weighted by atomic mass is 35.5. The monoisotopic (exact) mass is 393 g/mol. The summed E-state index contributed by atoms with van der Waals surface area (Å²) in [5.41, 5.74) is 0.293. The van der Waals surface area contributed by atoms with Gasteiger partial charge in [0.2, 0.25) is 5.91 Å². The van der Waals surface area contributed by atoms with Crippen LogP contribution in [0.15, 0.2) is 18.2 Å². The van der Waals surface area contributed by atoms with Gasteiger partial charge in [0.15, 0.2) is 0 Å². The predicted octanol–water partition coefficient (Wildman–Crippen LogP) is 2.91. The Hall–Kier alpha value is -2.03. The molecule has 1 heterocycles. The lowest BCUT2D eigenvalue weighted by molar-refractivity contribution is -0.217. The molecule has 1 aliphatic heterocycles. The third kappa shape index (κ3) is 3.72. The molecular formula is C16H16ClF4N3O2. The zero-order valence-corrected chi connectivity index (χ0v) is 14.1. The van der Waals surface area contributed by atoms with E-state index >= 15 is 0 Å². The van der Waals surface area contributed by atoms with Crippen LogP contribution in [0, 0.1) is 17.7 Å². The van der Waals surface area contributed by atoms with Crippen molar-refractivity contribution in [2.24, 2.45) is 11.8 Å². The fraction of sp³-hybridized carbons (Fsp3) is 0.500. The molecule has 3 unspecified atom stereocenters. The number of carbonyl (C=O) groups excluding carboxylic acids is 2. The Morgan fingerprint density at radius 1 is 1.31 bits per heavy atom. The summed E-state index contributed by atoms with van der Waals surface area (Å²) in [7, 11) is 0. The lowest BCUT2D eigenvalue weighted by atomic mass is 9.67. The van der Waals surface area contributed by atoms with E-state index in [9.17, 15) is 27.2 Å². The summed E-state index contributed by atoms with van der Waals surface area (Å²) in [6.07, 6.45) is -4.16. The zero-order valence-electron chi connectivity index (χ0n) is 13.4. The second-order valence-electron chi connectivity index (χ2n) is 6.46. The van der Waals surface area contributed by atoms with E-state index in [1.54, 1.807) is 0 Å². The molecule has 1 aromatic carbocycles. The summed E-state index contributed by atoms with van der Waals surface area (Å²) < 4.78 is 53.0. The summed E-state index contributed by atoms with van der Waals surface area (Å²) in [4.78, 5) is 23.5. The van der Waals surface area contributed by atoms with Crippen molar-refractivity contribution in [3.05, 3.63) is 34.6 Å². The van der Waals surface area contributed by atoms with Crippen molar-refractivity contribution in [3.63, 3.8) is 0 Å². The van der Waals surface area contributed by atoms with E-state index in [2.05, 4.69) is 16.0 Å². The Labute approximate surface area is 151 Å². The van der Waals surface area contributed by atoms with Crippen LogP contribution < -0.4 is 16.0 Å². The standard InChI is InChI=1S/C16H16ClF4N3O2/c17-10-5-7(1-4-11(10)18)13(8-2-3-9(8)16(19,20)21)24-14(25)12-6-22-15(26)23-12/h1,4-5,8-9,12-13H,2-3,6H2,(H,24,25)(H2,22,23,26)/t8?,9?,12-,13?/m0/s1. The van der Waals surface area contributed by atoms with Gasteiger partial charge in [0.25, 0.3) is 0 Å². The fourth-order valence-electron chi connectivity index (χ4n) is 3.34. The van der Waals surface area contributed by atoms with Crippen LogP contribution in [0.5, 0.6) is 0 Å². The third-order valence-electron chi connectivity index (χ3n) is 4.87. The van der Waals surface area contributed by atoms with Gasteiger partial charge in [-0.15, -0.1) is 0 Å². The molecule has 2 aliphatic rings. The molecule has 1 saturated heterocycles. The second kappa shape index (κ2) is 6.94. The Morgan fingerprint density at radius 2 is 2.04 bits per heavy atom. The van der Waals surface area contributed by atoms with Gasteiger partial charge in [-0.2, -0.15) is 13.2 Å². The number of rotatable bonds is 4. The summed E-state index contributed by atoms with van der Waals surface area (Å²) in [5.74, 6) is -3.76. The fourth-order valence-corrected chi connectivity index (χ4v) is 3.53. The number of amides is 3. The first-order valence-electron chi connectivity index (χ1n) is 8.03. The average Bonchev–Trinajstić information content (AvgIpc) is 2.93. The van der Waals surface area contributed by atoms with Gasteiger partial charge >= 0.3 is 12.2 Å². The molecule has 26 heavy (non-hydrogen) atoms. The highest BCUT2D eigenvalue weighted by Crippen LogP contribution is 2.51. The minimum Gasteiger partial charge on any atom is -0.347 e. The van der Waals surface area contributed by atoms with Crippen LogP contribution in [0.4, 0.5) is 22.4 Å². The van der Waals surface area contributed by atoms with Gasteiger partial charge in [-0.25, -0.2) is 9.18 Å². The molecule has 0 radical (unpaired) electrons. The lowest BCUT2D eigenvalue weighted by Crippen LogP contribution is -2.50. The highest BCUT2D eigenvalue weighted by Gasteiger charge is 2.53. The van der Waals surface area contributed by atoms with Crippen molar-refractivity contribution in [1.82, 2.24) is 16.0 Å². The quantitative estimate of drug-likeness (QED) is 0.688. The molecule has 3 rings (SSSR count). The van der Waals surface area contributed by atoms with Crippen molar-refractivity contribution in [3.8, 4) is 0 Å². The SMILES string of the molecule is O=C1NC[C@@H](C(=O)NC(c2ccc(F)c(Cl)c2)C2CCC2C(F)(F)F)N1. The van der Waals surface area contributed by atoms with Crippen LogP contribution in [0.2, 0.25) is 5.02 Å². The average molecular weight is 394 g/mol. The Bertz CT molecular complexity index is 728. The maximum Gasteiger partial charge on any atom is 0.392 e. The summed E-state index contributed by atoms with van der Waals surface area (Å²) >= 11 is 5.76. The van der Waals surface area contributed by atoms with Crippen molar-refractivity contribution in [2.75, 3.05) is 6.54 Å². The van der Waals surface area contributed by atoms with E-state index in [0.29, 0.717) is 5.56 Å². The molecule has 1 saturated carbocycles. The molecule has 142 valence electrons. The zero-order chi connectivity index (χ0) is 19.1. The van der Waals surface area contributed by atoms with Gasteiger partial charge in [-0.3, -0.25) is 4.79 Å². The molecule has 1 aromatic rings. The third-order valence-corrected chi connectivity index (χ3v) is 5.16. The minimum absolute atomic E-state index is 0.0306. The van der Waals surface area contributed by atoms with Gasteiger partial charge in [0, 0.05) is 6.54 Å². The van der Waals surface area contributed by atoms with Crippen molar-refractivity contribution < 1.29 is 27.2 Å². The van der Waals surface area contributed by atoms with Crippen LogP contribution in [0.25, 0.3) is 0 Å². The van der Waals surface area contributed by atoms with Crippen LogP contribution >= 0.6 is 11.6 Å². The smallest absolute Gasteiger partial charge is 0.347 e. The summed E-state index contributed by atoms with van der Waals surface area (Å²) in [6.45, 7) is 0.0366. The molecule has 1 aliphatic carbocycles. The van der Waals surface area contributed by atoms with Crippen LogP contribution in [-0.2, 0) is 4.79 Å². The molecule has 4 atom stereocenters. The summed E-state index contributed by atoms with van der Waals surface area (Å²) in [5, 5.41) is 7.12. The molecule has 10 heteroatoms. The van der Waals surface area contributed by atoms with Gasteiger partial charge in [-0.1, -0.05) is 17.7 Å². The van der Waals surface area contributed by atoms with E-state index in [0.717, 1.165) is 6.07 Å². The number of hydrogen-bond acceptors (Lipinski definition) is 2. The van der Waals surface area contributed by atoms with Crippen molar-refractivity contribution in [1.29, 1.82) is 0 Å². The van der Waals surface area contributed by atoms with E-state index in [1.165, 1.54) is 12.1 Å². The number of nitrogens with one attached hydrogen (secondary N) is 3. The van der Waals surface area contributed by atoms with E-state index < -0.39 is 47.9 Å². The molecule has 0 spiro atoms. The second-order valence-corrected chi connectivity index (χ2v) is 6.86. The number of halogens is 5. The van der Waals surface area contributed by atoms with Gasteiger partial charge < -0.3 is 16.0 Å². The Morgan fingerprint density at radius 3 is 2.54 bits per heavy atom. The topological polar surface area (TPSA) is 70.2 Å². The van der Waals surface area contributed by atoms with E-state index in [4.69, 9.17) is 11.6 Å². The Balaban J connectivity index is 1.85. The number of hydrogen-bond donors (Lipinski definition) is 3. The summed E-state index contributed by atoms with van der Waals surface area (Å²) in [6, 6.07) is 1.19. The van der Waals surface area contributed by atoms with Crippen molar-refractivity contribution in [2.45, 2.75) is 31.1 Å². The van der Waals surface area contributed by atoms with Crippen molar-refractivity contribution >= 4 is 23.5 Å². The number of alkyl halides is 3. The number of urea groups is 1. The van der Waals surface area contributed by atoms with Gasteiger partial charge in [0.1, 0.15) is 11.9 Å². The molecule has 3 amide bonds. The first-order chi connectivity index (χ1) is 12.2. The van der Waals surface area contributed by atoms with Crippen LogP contribution in [0.3, 0.4) is 0 Å². The molecule has 3 N–H and O–H groups in total. The van der Waals surface area contributed by atoms with Gasteiger partial charge in [-0.05, 0) is 36.5 Å².